The number of hydrogen-bond acceptors (Lipinski definition) is 5. The second kappa shape index (κ2) is 10.3. The van der Waals surface area contributed by atoms with Crippen molar-refractivity contribution in [1.82, 2.24) is 9.55 Å². The van der Waals surface area contributed by atoms with Gasteiger partial charge in [0.1, 0.15) is 0 Å². The Labute approximate surface area is 194 Å². The van der Waals surface area contributed by atoms with E-state index in [1.165, 1.54) is 11.8 Å². The molecule has 0 bridgehead atoms. The molecule has 0 fully saturated rings. The number of aromatic nitrogens is 2. The third kappa shape index (κ3) is 4.95. The number of fused-ring (bicyclic) bond motifs is 1. The van der Waals surface area contributed by atoms with Gasteiger partial charge in [-0.15, -0.1) is 18.3 Å². The molecule has 0 saturated carbocycles. The minimum Gasteiger partial charge on any atom is -0.324 e. The van der Waals surface area contributed by atoms with Gasteiger partial charge in [-0.3, -0.25) is 14.2 Å². The van der Waals surface area contributed by atoms with E-state index in [9.17, 15) is 9.59 Å². The quantitative estimate of drug-likeness (QED) is 0.217. The Morgan fingerprint density at radius 3 is 2.50 bits per heavy atom. The highest BCUT2D eigenvalue weighted by atomic mass is 32.2. The van der Waals surface area contributed by atoms with Gasteiger partial charge in [0, 0.05) is 10.6 Å². The second-order valence-corrected chi connectivity index (χ2v) is 8.82. The Bertz CT molecular complexity index is 1320. The summed E-state index contributed by atoms with van der Waals surface area (Å²) >= 11 is 2.85. The lowest BCUT2D eigenvalue weighted by Crippen LogP contribution is -2.23. The van der Waals surface area contributed by atoms with Crippen LogP contribution in [0.15, 0.2) is 106 Å². The van der Waals surface area contributed by atoms with Crippen molar-refractivity contribution in [2.24, 2.45) is 0 Å². The monoisotopic (exact) mass is 459 g/mol. The van der Waals surface area contributed by atoms with Gasteiger partial charge in [0.05, 0.1) is 28.0 Å². The van der Waals surface area contributed by atoms with Crippen molar-refractivity contribution in [2.45, 2.75) is 10.1 Å². The molecule has 4 aromatic rings. The Kier molecular flexibility index (Phi) is 7.09. The van der Waals surface area contributed by atoms with Gasteiger partial charge in [-0.25, -0.2) is 4.98 Å². The molecule has 0 saturated heterocycles. The van der Waals surface area contributed by atoms with E-state index in [4.69, 9.17) is 0 Å². The lowest BCUT2D eigenvalue weighted by atomic mass is 10.2. The minimum absolute atomic E-state index is 0.123. The molecule has 160 valence electrons. The predicted octanol–water partition coefficient (Wildman–Crippen LogP) is 5.39. The molecule has 0 radical (unpaired) electrons. The third-order valence-electron chi connectivity index (χ3n) is 4.61. The Morgan fingerprint density at radius 2 is 1.69 bits per heavy atom. The van der Waals surface area contributed by atoms with Crippen molar-refractivity contribution in [3.63, 3.8) is 0 Å². The van der Waals surface area contributed by atoms with E-state index in [2.05, 4.69) is 16.9 Å². The number of amides is 1. The summed E-state index contributed by atoms with van der Waals surface area (Å²) in [5, 5.41) is 3.99. The first-order valence-electron chi connectivity index (χ1n) is 10.00. The fourth-order valence-electron chi connectivity index (χ4n) is 3.17. The molecule has 1 amide bonds. The number of hydrogen-bond donors (Lipinski definition) is 1. The zero-order chi connectivity index (χ0) is 22.3. The zero-order valence-corrected chi connectivity index (χ0v) is 18.9. The average molecular weight is 460 g/mol. The molecule has 0 spiro atoms. The highest BCUT2D eigenvalue weighted by Gasteiger charge is 2.15. The van der Waals surface area contributed by atoms with E-state index in [1.807, 2.05) is 78.9 Å². The number of para-hydroxylation sites is 3. The van der Waals surface area contributed by atoms with Crippen LogP contribution in [0.5, 0.6) is 0 Å². The molecule has 0 atom stereocenters. The number of rotatable bonds is 8. The smallest absolute Gasteiger partial charge is 0.266 e. The van der Waals surface area contributed by atoms with Crippen molar-refractivity contribution in [3.05, 3.63) is 102 Å². The largest absolute Gasteiger partial charge is 0.324 e. The molecule has 5 nitrogen and oxygen atoms in total. The summed E-state index contributed by atoms with van der Waals surface area (Å²) in [4.78, 5) is 31.6. The molecule has 0 aliphatic rings. The van der Waals surface area contributed by atoms with Crippen LogP contribution in [0.3, 0.4) is 0 Å². The molecule has 0 aliphatic carbocycles. The van der Waals surface area contributed by atoms with Crippen molar-refractivity contribution in [2.75, 3.05) is 16.8 Å². The highest BCUT2D eigenvalue weighted by Crippen LogP contribution is 2.27. The number of thioether (sulfide) groups is 2. The van der Waals surface area contributed by atoms with Crippen LogP contribution in [0, 0.1) is 0 Å². The van der Waals surface area contributed by atoms with Crippen LogP contribution in [0.4, 0.5) is 5.69 Å². The lowest BCUT2D eigenvalue weighted by molar-refractivity contribution is -0.113. The maximum atomic E-state index is 13.2. The normalized spacial score (nSPS) is 10.8. The van der Waals surface area contributed by atoms with Crippen molar-refractivity contribution in [1.29, 1.82) is 0 Å². The maximum absolute atomic E-state index is 13.2. The van der Waals surface area contributed by atoms with Crippen molar-refractivity contribution < 1.29 is 4.79 Å². The third-order valence-corrected chi connectivity index (χ3v) is 6.62. The summed E-state index contributed by atoms with van der Waals surface area (Å²) in [5.41, 5.74) is 1.93. The Balaban J connectivity index is 1.60. The zero-order valence-electron chi connectivity index (χ0n) is 17.2. The van der Waals surface area contributed by atoms with Gasteiger partial charge < -0.3 is 5.32 Å². The predicted molar refractivity (Wildman–Crippen MR) is 134 cm³/mol. The van der Waals surface area contributed by atoms with E-state index in [0.717, 1.165) is 16.3 Å². The van der Waals surface area contributed by atoms with Gasteiger partial charge in [0.2, 0.25) is 5.91 Å². The molecular weight excluding hydrogens is 438 g/mol. The molecule has 1 N–H and O–H groups in total. The van der Waals surface area contributed by atoms with E-state index in [-0.39, 0.29) is 17.2 Å². The maximum Gasteiger partial charge on any atom is 0.266 e. The average Bonchev–Trinajstić information content (AvgIpc) is 2.83. The van der Waals surface area contributed by atoms with E-state index < -0.39 is 0 Å². The highest BCUT2D eigenvalue weighted by molar-refractivity contribution is 8.00. The number of anilines is 1. The first-order valence-corrected chi connectivity index (χ1v) is 12.0. The first kappa shape index (κ1) is 21.9. The van der Waals surface area contributed by atoms with E-state index in [0.29, 0.717) is 21.7 Å². The molecule has 0 aliphatic heterocycles. The number of benzene rings is 3. The standard InChI is InChI=1S/C25H21N3O2S2/c1-2-16-31-22-15-9-8-14-21(22)26-23(29)17-32-25-27-20-13-7-6-12-19(20)24(30)28(25)18-10-4-3-5-11-18/h2-15H,1,16-17H2,(H,26,29). The molecule has 32 heavy (non-hydrogen) atoms. The van der Waals surface area contributed by atoms with Crippen LogP contribution >= 0.6 is 23.5 Å². The van der Waals surface area contributed by atoms with Gasteiger partial charge in [0.25, 0.3) is 5.56 Å². The van der Waals surface area contributed by atoms with Crippen LogP contribution in [0.1, 0.15) is 0 Å². The molecule has 4 rings (SSSR count). The molecule has 1 aromatic heterocycles. The minimum atomic E-state index is -0.163. The summed E-state index contributed by atoms with van der Waals surface area (Å²) in [6.45, 7) is 3.74. The fraction of sp³-hybridized carbons (Fsp3) is 0.0800. The SMILES string of the molecule is C=CCSc1ccccc1NC(=O)CSc1nc2ccccc2c(=O)n1-c1ccccc1. The summed E-state index contributed by atoms with van der Waals surface area (Å²) in [7, 11) is 0. The molecule has 0 unspecified atom stereocenters. The number of carbonyl (C=O) groups excluding carboxylic acids is 1. The molecule has 7 heteroatoms. The van der Waals surface area contributed by atoms with Crippen LogP contribution in [0.25, 0.3) is 16.6 Å². The van der Waals surface area contributed by atoms with Crippen LogP contribution in [-0.2, 0) is 4.79 Å². The van der Waals surface area contributed by atoms with E-state index in [1.54, 1.807) is 22.4 Å². The summed E-state index contributed by atoms with van der Waals surface area (Å²) in [6.07, 6.45) is 1.83. The molecule has 3 aromatic carbocycles. The molecular formula is C25H21N3O2S2. The number of nitrogens with zero attached hydrogens (tertiary/aromatic N) is 2. The van der Waals surface area contributed by atoms with Gasteiger partial charge >= 0.3 is 0 Å². The van der Waals surface area contributed by atoms with Gasteiger partial charge in [0.15, 0.2) is 5.16 Å². The van der Waals surface area contributed by atoms with Crippen LogP contribution in [0.2, 0.25) is 0 Å². The summed E-state index contributed by atoms with van der Waals surface area (Å²) < 4.78 is 1.56. The first-order chi connectivity index (χ1) is 15.7. The van der Waals surface area contributed by atoms with Crippen LogP contribution in [-0.4, -0.2) is 27.0 Å². The summed E-state index contributed by atoms with van der Waals surface area (Å²) in [5.74, 6) is 0.716. The van der Waals surface area contributed by atoms with Gasteiger partial charge in [-0.1, -0.05) is 60.3 Å². The lowest BCUT2D eigenvalue weighted by Gasteiger charge is -2.14. The summed E-state index contributed by atoms with van der Waals surface area (Å²) in [6, 6.07) is 24.3. The number of carbonyl (C=O) groups is 1. The molecule has 1 heterocycles. The second-order valence-electron chi connectivity index (χ2n) is 6.82. The van der Waals surface area contributed by atoms with Gasteiger partial charge in [-0.2, -0.15) is 0 Å². The topological polar surface area (TPSA) is 64.0 Å². The Hall–Kier alpha value is -3.29. The Morgan fingerprint density at radius 1 is 0.969 bits per heavy atom. The fourth-order valence-corrected chi connectivity index (χ4v) is 4.73. The number of nitrogens with one attached hydrogen (secondary N) is 1. The van der Waals surface area contributed by atoms with Crippen molar-refractivity contribution >= 4 is 46.0 Å². The van der Waals surface area contributed by atoms with E-state index >= 15 is 0 Å². The van der Waals surface area contributed by atoms with Crippen LogP contribution < -0.4 is 10.9 Å². The van der Waals surface area contributed by atoms with Crippen molar-refractivity contribution in [3.8, 4) is 5.69 Å². The van der Waals surface area contributed by atoms with Gasteiger partial charge in [-0.05, 0) is 36.4 Å².